The first-order valence-corrected chi connectivity index (χ1v) is 11.1. The van der Waals surface area contributed by atoms with Gasteiger partial charge in [0.05, 0.1) is 0 Å². The summed E-state index contributed by atoms with van der Waals surface area (Å²) in [4.78, 5) is 0. The summed E-state index contributed by atoms with van der Waals surface area (Å²) >= 11 is -2.00. The fraction of sp³-hybridized carbons (Fsp3) is 0.143. The first-order valence-electron chi connectivity index (χ1n) is 5.27. The summed E-state index contributed by atoms with van der Waals surface area (Å²) in [5, 5.41) is 0. The monoisotopic (exact) mass is 338 g/mol. The minimum absolute atomic E-state index is 1.32. The third kappa shape index (κ3) is 2.44. The van der Waals surface area contributed by atoms with Gasteiger partial charge in [0, 0.05) is 0 Å². The fourth-order valence-electron chi connectivity index (χ4n) is 1.70. The van der Waals surface area contributed by atoms with Crippen LogP contribution in [0.3, 0.4) is 0 Å². The van der Waals surface area contributed by atoms with E-state index in [-0.39, 0.29) is 0 Å². The van der Waals surface area contributed by atoms with Crippen molar-refractivity contribution in [1.29, 1.82) is 0 Å². The van der Waals surface area contributed by atoms with E-state index in [2.05, 4.69) is 62.4 Å². The molecule has 0 heterocycles. The number of hydrogen-bond acceptors (Lipinski definition) is 0. The van der Waals surface area contributed by atoms with Crippen LogP contribution < -0.4 is 7.02 Å². The number of halogens is 1. The van der Waals surface area contributed by atoms with E-state index in [9.17, 15) is 0 Å². The van der Waals surface area contributed by atoms with Crippen molar-refractivity contribution < 1.29 is 0 Å². The summed E-state index contributed by atoms with van der Waals surface area (Å²) in [5.74, 6) is 0. The molecule has 0 bridgehead atoms. The molecule has 2 rings (SSSR count). The topological polar surface area (TPSA) is 0 Å². The third-order valence-corrected chi connectivity index (χ3v) is 10.4. The number of aryl methyl sites for hydroxylation is 2. The van der Waals surface area contributed by atoms with Gasteiger partial charge < -0.3 is 0 Å². The van der Waals surface area contributed by atoms with Gasteiger partial charge in [-0.2, -0.15) is 0 Å². The van der Waals surface area contributed by atoms with Crippen LogP contribution in [0.5, 0.6) is 0 Å². The number of hydrogen-bond donors (Lipinski definition) is 0. The maximum absolute atomic E-state index is 6.73. The van der Waals surface area contributed by atoms with Crippen LogP contribution in [0.2, 0.25) is 0 Å². The second-order valence-corrected chi connectivity index (χ2v) is 10.5. The Morgan fingerprint density at radius 2 is 1.12 bits per heavy atom. The maximum atomic E-state index is 6.73. The molecule has 0 N–H and O–H groups in total. The Hall–Kier alpha value is -0.452. The summed E-state index contributed by atoms with van der Waals surface area (Å²) in [7, 11) is 6.73. The molecule has 0 atom stereocenters. The van der Waals surface area contributed by atoms with Crippen LogP contribution in [-0.4, -0.2) is 19.1 Å². The summed E-state index contributed by atoms with van der Waals surface area (Å²) in [6, 6.07) is 17.0. The van der Waals surface area contributed by atoms with Crippen molar-refractivity contribution in [2.75, 3.05) is 0 Å². The van der Waals surface area contributed by atoms with E-state index in [0.717, 1.165) is 0 Å². The number of benzene rings is 2. The van der Waals surface area contributed by atoms with Crippen molar-refractivity contribution in [1.82, 2.24) is 0 Å². The Morgan fingerprint density at radius 1 is 0.750 bits per heavy atom. The molecule has 0 aliphatic rings. The molecule has 2 heteroatoms. The summed E-state index contributed by atoms with van der Waals surface area (Å²) < 4.78 is 2.75. The third-order valence-electron chi connectivity index (χ3n) is 2.65. The van der Waals surface area contributed by atoms with Gasteiger partial charge in [-0.15, -0.1) is 0 Å². The van der Waals surface area contributed by atoms with E-state index in [1.54, 1.807) is 0 Å². The molecule has 0 spiro atoms. The van der Waals surface area contributed by atoms with Crippen LogP contribution in [0.25, 0.3) is 0 Å². The van der Waals surface area contributed by atoms with Gasteiger partial charge in [-0.1, -0.05) is 0 Å². The van der Waals surface area contributed by atoms with Crippen molar-refractivity contribution in [2.45, 2.75) is 13.8 Å². The molecular weight excluding hydrogens is 325 g/mol. The molecular formula is C14H14ClSb. The minimum atomic E-state index is -2.00. The SMILES string of the molecule is Cc1cccc[c]1[Sb]([Cl])[c]1ccccc1C. The first-order chi connectivity index (χ1) is 7.70. The predicted molar refractivity (Wildman–Crippen MR) is 73.2 cm³/mol. The van der Waals surface area contributed by atoms with Crippen molar-refractivity contribution in [3.8, 4) is 0 Å². The molecule has 0 saturated carbocycles. The Kier molecular flexibility index (Phi) is 3.94. The van der Waals surface area contributed by atoms with Crippen LogP contribution in [0.1, 0.15) is 11.1 Å². The van der Waals surface area contributed by atoms with Gasteiger partial charge in [0.25, 0.3) is 0 Å². The molecule has 0 fully saturated rings. The van der Waals surface area contributed by atoms with Gasteiger partial charge in [0.2, 0.25) is 0 Å². The van der Waals surface area contributed by atoms with E-state index in [1.165, 1.54) is 18.1 Å². The zero-order valence-corrected chi connectivity index (χ0v) is 12.8. The normalized spacial score (nSPS) is 10.8. The zero-order chi connectivity index (χ0) is 11.5. The molecule has 0 aliphatic carbocycles. The molecule has 0 nitrogen and oxygen atoms in total. The van der Waals surface area contributed by atoms with E-state index in [0.29, 0.717) is 0 Å². The Labute approximate surface area is 108 Å². The first kappa shape index (κ1) is 12.0. The molecule has 0 aliphatic heterocycles. The van der Waals surface area contributed by atoms with Gasteiger partial charge in [-0.25, -0.2) is 0 Å². The summed E-state index contributed by atoms with van der Waals surface area (Å²) in [6.45, 7) is 4.29. The van der Waals surface area contributed by atoms with Crippen LogP contribution in [0, 0.1) is 13.8 Å². The van der Waals surface area contributed by atoms with Crippen LogP contribution >= 0.6 is 8.83 Å². The molecule has 0 radical (unpaired) electrons. The molecule has 0 aromatic heterocycles. The average Bonchev–Trinajstić information content (AvgIpc) is 2.29. The van der Waals surface area contributed by atoms with Gasteiger partial charge >= 0.3 is 108 Å². The second kappa shape index (κ2) is 5.25. The molecule has 0 saturated heterocycles. The predicted octanol–water partition coefficient (Wildman–Crippen LogP) is 2.65. The zero-order valence-electron chi connectivity index (χ0n) is 9.44. The quantitative estimate of drug-likeness (QED) is 0.738. The molecule has 2 aromatic carbocycles. The fourth-order valence-corrected chi connectivity index (χ4v) is 8.41. The average molecular weight is 339 g/mol. The Morgan fingerprint density at radius 3 is 1.50 bits per heavy atom. The Bertz CT molecular complexity index is 448. The number of rotatable bonds is 2. The standard InChI is InChI=1S/2C7H7.ClH.Sb/c2*1-7-5-3-2-4-6-7;;/h2*2-5H,1H3;1H;/q;;;+1/p-1. The van der Waals surface area contributed by atoms with E-state index in [4.69, 9.17) is 8.83 Å². The molecule has 16 heavy (non-hydrogen) atoms. The molecule has 2 aromatic rings. The van der Waals surface area contributed by atoms with Crippen LogP contribution in [0.15, 0.2) is 48.5 Å². The van der Waals surface area contributed by atoms with Crippen molar-refractivity contribution in [3.05, 3.63) is 59.7 Å². The molecule has 0 amide bonds. The van der Waals surface area contributed by atoms with Crippen molar-refractivity contribution >= 4 is 34.9 Å². The second-order valence-electron chi connectivity index (χ2n) is 3.85. The van der Waals surface area contributed by atoms with Crippen LogP contribution in [-0.2, 0) is 0 Å². The van der Waals surface area contributed by atoms with Crippen molar-refractivity contribution in [3.63, 3.8) is 0 Å². The van der Waals surface area contributed by atoms with E-state index >= 15 is 0 Å². The molecule has 82 valence electrons. The summed E-state index contributed by atoms with van der Waals surface area (Å²) in [5.41, 5.74) is 2.65. The van der Waals surface area contributed by atoms with E-state index < -0.39 is 19.1 Å². The Balaban J connectivity index is 2.44. The van der Waals surface area contributed by atoms with Gasteiger partial charge in [0.15, 0.2) is 0 Å². The van der Waals surface area contributed by atoms with Crippen molar-refractivity contribution in [2.24, 2.45) is 0 Å². The van der Waals surface area contributed by atoms with Gasteiger partial charge in [-0.05, 0) is 0 Å². The summed E-state index contributed by atoms with van der Waals surface area (Å²) in [6.07, 6.45) is 0. The van der Waals surface area contributed by atoms with Crippen LogP contribution in [0.4, 0.5) is 0 Å². The van der Waals surface area contributed by atoms with Gasteiger partial charge in [0.1, 0.15) is 0 Å². The van der Waals surface area contributed by atoms with Gasteiger partial charge in [-0.3, -0.25) is 0 Å². The molecule has 0 unspecified atom stereocenters. The van der Waals surface area contributed by atoms with E-state index in [1.807, 2.05) is 0 Å².